The van der Waals surface area contributed by atoms with Gasteiger partial charge in [-0.15, -0.1) is 11.3 Å². The van der Waals surface area contributed by atoms with Gasteiger partial charge < -0.3 is 5.32 Å². The molecule has 1 rings (SSSR count). The van der Waals surface area contributed by atoms with Crippen molar-refractivity contribution in [2.24, 2.45) is 0 Å². The molecule has 0 atom stereocenters. The van der Waals surface area contributed by atoms with E-state index in [0.717, 1.165) is 11.3 Å². The van der Waals surface area contributed by atoms with Crippen molar-refractivity contribution in [2.75, 3.05) is 7.05 Å². The van der Waals surface area contributed by atoms with E-state index in [1.54, 1.807) is 12.4 Å². The first-order valence-corrected chi connectivity index (χ1v) is 4.44. The summed E-state index contributed by atoms with van der Waals surface area (Å²) in [5.41, 5.74) is 0.608. The van der Waals surface area contributed by atoms with E-state index >= 15 is 0 Å². The molecule has 0 radical (unpaired) electrons. The Bertz CT molecular complexity index is 300. The van der Waals surface area contributed by atoms with Gasteiger partial charge in [0.1, 0.15) is 0 Å². The summed E-state index contributed by atoms with van der Waals surface area (Å²) >= 11 is 0.945. The van der Waals surface area contributed by atoms with Gasteiger partial charge in [0.15, 0.2) is 5.01 Å². The van der Waals surface area contributed by atoms with Crippen LogP contribution in [0.4, 0.5) is 8.78 Å². The van der Waals surface area contributed by atoms with Crippen molar-refractivity contribution in [3.63, 3.8) is 0 Å². The highest BCUT2D eigenvalue weighted by molar-refractivity contribution is 7.11. The van der Waals surface area contributed by atoms with E-state index in [0.29, 0.717) is 12.2 Å². The Morgan fingerprint density at radius 1 is 1.77 bits per heavy atom. The number of hydrogen-bond donors (Lipinski definition) is 1. The second-order valence-electron chi connectivity index (χ2n) is 2.34. The molecule has 13 heavy (non-hydrogen) atoms. The van der Waals surface area contributed by atoms with Crippen LogP contribution in [0.25, 0.3) is 0 Å². The van der Waals surface area contributed by atoms with Gasteiger partial charge in [0.25, 0.3) is 5.78 Å². The quantitative estimate of drug-likeness (QED) is 0.755. The molecule has 0 aliphatic carbocycles. The summed E-state index contributed by atoms with van der Waals surface area (Å²) in [5.74, 6) is -1.20. The van der Waals surface area contributed by atoms with Crippen LogP contribution in [0.3, 0.4) is 0 Å². The van der Waals surface area contributed by atoms with E-state index in [1.165, 1.54) is 0 Å². The third-order valence-corrected chi connectivity index (χ3v) is 2.22. The molecule has 0 saturated carbocycles. The molecular weight excluding hydrogens is 198 g/mol. The Morgan fingerprint density at radius 3 is 3.00 bits per heavy atom. The lowest BCUT2D eigenvalue weighted by Crippen LogP contribution is -2.11. The van der Waals surface area contributed by atoms with Crippen LogP contribution in [0.1, 0.15) is 15.5 Å². The lowest BCUT2D eigenvalue weighted by molar-refractivity contribution is 0.0678. The van der Waals surface area contributed by atoms with Crippen molar-refractivity contribution in [1.82, 2.24) is 10.3 Å². The Kier molecular flexibility index (Phi) is 3.44. The number of halogens is 2. The van der Waals surface area contributed by atoms with Gasteiger partial charge in [-0.1, -0.05) is 0 Å². The number of alkyl halides is 2. The molecule has 6 heteroatoms. The minimum absolute atomic E-state index is 0.125. The van der Waals surface area contributed by atoms with E-state index in [4.69, 9.17) is 0 Å². The van der Waals surface area contributed by atoms with E-state index in [2.05, 4.69) is 10.3 Å². The Labute approximate surface area is 77.8 Å². The van der Waals surface area contributed by atoms with Crippen LogP contribution in [0.15, 0.2) is 5.38 Å². The van der Waals surface area contributed by atoms with Gasteiger partial charge in [0.2, 0.25) is 0 Å². The normalized spacial score (nSPS) is 10.8. The van der Waals surface area contributed by atoms with Gasteiger partial charge in [-0.2, -0.15) is 0 Å². The van der Waals surface area contributed by atoms with Crippen LogP contribution >= 0.6 is 11.3 Å². The number of carbonyl (C=O) groups excluding carboxylic acids is 1. The number of carbonyl (C=O) groups is 1. The lowest BCUT2D eigenvalue weighted by Gasteiger charge is -1.93. The van der Waals surface area contributed by atoms with Crippen molar-refractivity contribution >= 4 is 17.1 Å². The highest BCUT2D eigenvalue weighted by Crippen LogP contribution is 2.13. The molecule has 0 saturated heterocycles. The smallest absolute Gasteiger partial charge is 0.303 e. The zero-order valence-electron chi connectivity index (χ0n) is 6.88. The fourth-order valence-corrected chi connectivity index (χ4v) is 1.53. The maximum absolute atomic E-state index is 11.9. The van der Waals surface area contributed by atoms with Crippen LogP contribution in [0.2, 0.25) is 0 Å². The average molecular weight is 206 g/mol. The van der Waals surface area contributed by atoms with E-state index in [1.807, 2.05) is 0 Å². The molecule has 0 aliphatic heterocycles. The predicted molar refractivity (Wildman–Crippen MR) is 45.2 cm³/mol. The molecule has 1 heterocycles. The van der Waals surface area contributed by atoms with Crippen molar-refractivity contribution in [3.8, 4) is 0 Å². The van der Waals surface area contributed by atoms with Gasteiger partial charge in [0, 0.05) is 11.9 Å². The number of hydrogen-bond acceptors (Lipinski definition) is 4. The summed E-state index contributed by atoms with van der Waals surface area (Å²) in [6.45, 7) is 0.479. The molecule has 0 fully saturated rings. The summed E-state index contributed by atoms with van der Waals surface area (Å²) in [5, 5.41) is 4.28. The highest BCUT2D eigenvalue weighted by atomic mass is 32.1. The number of aromatic nitrogens is 1. The van der Waals surface area contributed by atoms with E-state index < -0.39 is 12.2 Å². The molecule has 0 bridgehead atoms. The third-order valence-electron chi connectivity index (χ3n) is 1.32. The second-order valence-corrected chi connectivity index (χ2v) is 3.20. The number of nitrogens with one attached hydrogen (secondary N) is 1. The minimum Gasteiger partial charge on any atom is -0.314 e. The molecule has 72 valence electrons. The average Bonchev–Trinajstić information content (AvgIpc) is 2.52. The Morgan fingerprint density at radius 2 is 2.46 bits per heavy atom. The maximum atomic E-state index is 11.9. The van der Waals surface area contributed by atoms with Gasteiger partial charge in [-0.05, 0) is 7.05 Å². The molecule has 0 spiro atoms. The summed E-state index contributed by atoms with van der Waals surface area (Å²) in [4.78, 5) is 14.5. The van der Waals surface area contributed by atoms with Gasteiger partial charge in [-0.3, -0.25) is 4.79 Å². The first kappa shape index (κ1) is 10.2. The fraction of sp³-hybridized carbons (Fsp3) is 0.429. The number of Topliss-reactive ketones (excluding diaryl/α,β-unsaturated/α-hetero) is 1. The standard InChI is InChI=1S/C7H8F2N2OS/c1-10-2-4-3-13-7(11-4)5(12)6(8)9/h3,6,10H,2H2,1H3. The van der Waals surface area contributed by atoms with E-state index in [-0.39, 0.29) is 5.01 Å². The van der Waals surface area contributed by atoms with Crippen LogP contribution in [0, 0.1) is 0 Å². The van der Waals surface area contributed by atoms with E-state index in [9.17, 15) is 13.6 Å². The zero-order chi connectivity index (χ0) is 9.84. The first-order chi connectivity index (χ1) is 6.15. The number of thiazole rings is 1. The largest absolute Gasteiger partial charge is 0.314 e. The summed E-state index contributed by atoms with van der Waals surface area (Å²) in [6, 6.07) is 0. The SMILES string of the molecule is CNCc1csc(C(=O)C(F)F)n1. The lowest BCUT2D eigenvalue weighted by atomic mass is 10.4. The fourth-order valence-electron chi connectivity index (χ4n) is 0.776. The van der Waals surface area contributed by atoms with Crippen molar-refractivity contribution in [2.45, 2.75) is 13.0 Å². The molecule has 1 aromatic heterocycles. The molecule has 0 amide bonds. The van der Waals surface area contributed by atoms with Crippen molar-refractivity contribution in [3.05, 3.63) is 16.1 Å². The topological polar surface area (TPSA) is 42.0 Å². The predicted octanol–water partition coefficient (Wildman–Crippen LogP) is 1.31. The molecule has 1 N–H and O–H groups in total. The van der Waals surface area contributed by atoms with Crippen molar-refractivity contribution < 1.29 is 13.6 Å². The second kappa shape index (κ2) is 4.38. The molecular formula is C7H8F2N2OS. The zero-order valence-corrected chi connectivity index (χ0v) is 7.70. The van der Waals surface area contributed by atoms with Gasteiger partial charge >= 0.3 is 6.43 Å². The third kappa shape index (κ3) is 2.53. The van der Waals surface area contributed by atoms with Crippen LogP contribution in [-0.4, -0.2) is 24.2 Å². The molecule has 0 unspecified atom stereocenters. The van der Waals surface area contributed by atoms with Crippen molar-refractivity contribution in [1.29, 1.82) is 0 Å². The maximum Gasteiger partial charge on any atom is 0.303 e. The van der Waals surface area contributed by atoms with Gasteiger partial charge in [-0.25, -0.2) is 13.8 Å². The Balaban J connectivity index is 2.73. The Hall–Kier alpha value is -0.880. The number of ketones is 1. The molecule has 0 aromatic carbocycles. The molecule has 3 nitrogen and oxygen atoms in total. The van der Waals surface area contributed by atoms with Crippen LogP contribution < -0.4 is 5.32 Å². The summed E-state index contributed by atoms with van der Waals surface area (Å²) < 4.78 is 23.8. The summed E-state index contributed by atoms with van der Waals surface area (Å²) in [6.07, 6.45) is -2.96. The number of nitrogens with zero attached hydrogens (tertiary/aromatic N) is 1. The molecule has 1 aromatic rings. The van der Waals surface area contributed by atoms with Crippen LogP contribution in [-0.2, 0) is 6.54 Å². The number of rotatable bonds is 4. The minimum atomic E-state index is -2.96. The van der Waals surface area contributed by atoms with Crippen LogP contribution in [0.5, 0.6) is 0 Å². The monoisotopic (exact) mass is 206 g/mol. The summed E-state index contributed by atoms with van der Waals surface area (Å²) in [7, 11) is 1.72. The first-order valence-electron chi connectivity index (χ1n) is 3.56. The highest BCUT2D eigenvalue weighted by Gasteiger charge is 2.20. The molecule has 0 aliphatic rings. The van der Waals surface area contributed by atoms with Gasteiger partial charge in [0.05, 0.1) is 5.69 Å².